The van der Waals surface area contributed by atoms with Crippen LogP contribution in [0.5, 0.6) is 0 Å². The summed E-state index contributed by atoms with van der Waals surface area (Å²) in [7, 11) is 0. The Bertz CT molecular complexity index is 380. The monoisotopic (exact) mass is 326 g/mol. The van der Waals surface area contributed by atoms with E-state index in [1.54, 1.807) is 13.8 Å². The van der Waals surface area contributed by atoms with E-state index in [0.717, 1.165) is 0 Å². The number of aliphatic hydroxyl groups is 2. The Morgan fingerprint density at radius 1 is 1.04 bits per heavy atom. The van der Waals surface area contributed by atoms with E-state index in [2.05, 4.69) is 6.58 Å². The molecule has 0 bridgehead atoms. The van der Waals surface area contributed by atoms with Crippen LogP contribution in [-0.2, 0) is 20.8 Å². The number of ether oxygens (including phenoxy) is 3. The third kappa shape index (κ3) is 14.0. The highest BCUT2D eigenvalue weighted by atomic mass is 16.5. The molecule has 5 heteroatoms. The molecule has 1 aromatic rings. The van der Waals surface area contributed by atoms with Gasteiger partial charge in [0.05, 0.1) is 44.4 Å². The Labute approximate surface area is 139 Å². The standard InChI is InChI=1S/C9H20O4.C9H10O/c1-7(11)5-12-9(3)6-13-8(2)4-10;1-2-10-8-9-6-4-3-5-7-9/h7-11H,4-6H2,1-3H3;2-7H,1,8H2. The minimum absolute atomic E-state index is 0.0170. The highest BCUT2D eigenvalue weighted by molar-refractivity contribution is 5.13. The van der Waals surface area contributed by atoms with Crippen LogP contribution in [0.3, 0.4) is 0 Å². The normalized spacial score (nSPS) is 14.1. The van der Waals surface area contributed by atoms with Crippen LogP contribution < -0.4 is 0 Å². The molecule has 3 unspecified atom stereocenters. The van der Waals surface area contributed by atoms with Crippen LogP contribution in [0, 0.1) is 0 Å². The van der Waals surface area contributed by atoms with Crippen LogP contribution in [-0.4, -0.2) is 48.3 Å². The van der Waals surface area contributed by atoms with E-state index in [-0.39, 0.29) is 18.8 Å². The third-order valence-corrected chi connectivity index (χ3v) is 2.71. The lowest BCUT2D eigenvalue weighted by Gasteiger charge is -2.16. The van der Waals surface area contributed by atoms with Gasteiger partial charge in [-0.1, -0.05) is 36.9 Å². The molecule has 0 spiro atoms. The second kappa shape index (κ2) is 14.2. The summed E-state index contributed by atoms with van der Waals surface area (Å²) in [5.74, 6) is 0. The molecule has 0 saturated carbocycles. The van der Waals surface area contributed by atoms with Gasteiger partial charge < -0.3 is 24.4 Å². The van der Waals surface area contributed by atoms with Crippen molar-refractivity contribution in [3.63, 3.8) is 0 Å². The molecule has 0 aliphatic heterocycles. The summed E-state index contributed by atoms with van der Waals surface area (Å²) in [5.41, 5.74) is 1.17. The Morgan fingerprint density at radius 2 is 1.65 bits per heavy atom. The van der Waals surface area contributed by atoms with Gasteiger partial charge in [-0.25, -0.2) is 0 Å². The fraction of sp³-hybridized carbons (Fsp3) is 0.556. The Kier molecular flexibility index (Phi) is 13.3. The molecule has 0 amide bonds. The SMILES string of the molecule is C=COCc1ccccc1.CC(O)COC(C)COC(C)CO. The van der Waals surface area contributed by atoms with Gasteiger partial charge in [-0.2, -0.15) is 0 Å². The first-order chi connectivity index (χ1) is 11.0. The lowest BCUT2D eigenvalue weighted by atomic mass is 10.2. The van der Waals surface area contributed by atoms with Gasteiger partial charge in [0, 0.05) is 0 Å². The molecule has 0 fully saturated rings. The number of rotatable bonds is 10. The zero-order valence-electron chi connectivity index (χ0n) is 14.4. The molecule has 5 nitrogen and oxygen atoms in total. The third-order valence-electron chi connectivity index (χ3n) is 2.71. The average Bonchev–Trinajstić information content (AvgIpc) is 2.57. The molecule has 0 aromatic heterocycles. The van der Waals surface area contributed by atoms with E-state index >= 15 is 0 Å². The van der Waals surface area contributed by atoms with Crippen LogP contribution in [0.2, 0.25) is 0 Å². The summed E-state index contributed by atoms with van der Waals surface area (Å²) in [4.78, 5) is 0. The average molecular weight is 326 g/mol. The summed E-state index contributed by atoms with van der Waals surface area (Å²) < 4.78 is 15.5. The van der Waals surface area contributed by atoms with Crippen LogP contribution in [0.4, 0.5) is 0 Å². The molecule has 23 heavy (non-hydrogen) atoms. The van der Waals surface area contributed by atoms with E-state index in [9.17, 15) is 0 Å². The van der Waals surface area contributed by atoms with E-state index in [1.807, 2.05) is 37.3 Å². The zero-order valence-corrected chi connectivity index (χ0v) is 14.4. The van der Waals surface area contributed by atoms with Crippen LogP contribution >= 0.6 is 0 Å². The first kappa shape index (κ1) is 21.6. The Balaban J connectivity index is 0.000000433. The Morgan fingerprint density at radius 3 is 2.17 bits per heavy atom. The largest absolute Gasteiger partial charge is 0.497 e. The lowest BCUT2D eigenvalue weighted by Crippen LogP contribution is -2.24. The quantitative estimate of drug-likeness (QED) is 0.647. The molecular weight excluding hydrogens is 296 g/mol. The first-order valence-corrected chi connectivity index (χ1v) is 7.78. The van der Waals surface area contributed by atoms with Crippen LogP contribution in [0.25, 0.3) is 0 Å². The molecule has 132 valence electrons. The van der Waals surface area contributed by atoms with E-state index < -0.39 is 6.10 Å². The molecule has 0 radical (unpaired) electrons. The summed E-state index contributed by atoms with van der Waals surface area (Å²) in [6.45, 7) is 10.2. The molecule has 0 saturated heterocycles. The van der Waals surface area contributed by atoms with Gasteiger partial charge in [-0.15, -0.1) is 0 Å². The van der Waals surface area contributed by atoms with Gasteiger partial charge >= 0.3 is 0 Å². The van der Waals surface area contributed by atoms with Gasteiger partial charge in [-0.3, -0.25) is 0 Å². The van der Waals surface area contributed by atoms with Crippen molar-refractivity contribution in [2.75, 3.05) is 19.8 Å². The maximum absolute atomic E-state index is 8.92. The van der Waals surface area contributed by atoms with Gasteiger partial charge in [0.25, 0.3) is 0 Å². The Hall–Kier alpha value is -1.40. The minimum atomic E-state index is -0.447. The van der Waals surface area contributed by atoms with Gasteiger partial charge in [-0.05, 0) is 26.3 Å². The van der Waals surface area contributed by atoms with Gasteiger partial charge in [0.1, 0.15) is 6.61 Å². The zero-order chi connectivity index (χ0) is 17.5. The topological polar surface area (TPSA) is 68.2 Å². The number of hydrogen-bond donors (Lipinski definition) is 2. The lowest BCUT2D eigenvalue weighted by molar-refractivity contribution is -0.0620. The first-order valence-electron chi connectivity index (χ1n) is 7.78. The predicted octanol–water partition coefficient (Wildman–Crippen LogP) is 2.52. The molecule has 0 aliphatic carbocycles. The van der Waals surface area contributed by atoms with Crippen molar-refractivity contribution in [2.45, 2.75) is 45.7 Å². The fourth-order valence-corrected chi connectivity index (χ4v) is 1.43. The van der Waals surface area contributed by atoms with Crippen LogP contribution in [0.1, 0.15) is 26.3 Å². The van der Waals surface area contributed by atoms with Crippen LogP contribution in [0.15, 0.2) is 43.2 Å². The summed E-state index contributed by atoms with van der Waals surface area (Å²) in [6.07, 6.45) is 0.798. The van der Waals surface area contributed by atoms with Crippen molar-refractivity contribution < 1.29 is 24.4 Å². The number of aliphatic hydroxyl groups excluding tert-OH is 2. The molecule has 0 heterocycles. The van der Waals surface area contributed by atoms with Gasteiger partial charge in [0.2, 0.25) is 0 Å². The molecular formula is C18H30O5. The van der Waals surface area contributed by atoms with E-state index in [0.29, 0.717) is 19.8 Å². The fourth-order valence-electron chi connectivity index (χ4n) is 1.43. The van der Waals surface area contributed by atoms with Crippen molar-refractivity contribution in [2.24, 2.45) is 0 Å². The summed E-state index contributed by atoms with van der Waals surface area (Å²) in [6, 6.07) is 9.99. The van der Waals surface area contributed by atoms with Crippen molar-refractivity contribution in [1.29, 1.82) is 0 Å². The summed E-state index contributed by atoms with van der Waals surface area (Å²) in [5, 5.41) is 17.6. The van der Waals surface area contributed by atoms with E-state index in [4.69, 9.17) is 24.4 Å². The summed E-state index contributed by atoms with van der Waals surface area (Å²) >= 11 is 0. The molecule has 1 aromatic carbocycles. The molecule has 3 atom stereocenters. The maximum atomic E-state index is 8.92. The second-order valence-corrected chi connectivity index (χ2v) is 5.28. The molecule has 0 aliphatic rings. The molecule has 2 N–H and O–H groups in total. The van der Waals surface area contributed by atoms with Crippen molar-refractivity contribution >= 4 is 0 Å². The maximum Gasteiger partial charge on any atom is 0.112 e. The van der Waals surface area contributed by atoms with E-state index in [1.165, 1.54) is 11.8 Å². The highest BCUT2D eigenvalue weighted by Crippen LogP contribution is 1.99. The number of benzene rings is 1. The van der Waals surface area contributed by atoms with Crippen molar-refractivity contribution in [3.8, 4) is 0 Å². The highest BCUT2D eigenvalue weighted by Gasteiger charge is 2.07. The number of hydrogen-bond acceptors (Lipinski definition) is 5. The van der Waals surface area contributed by atoms with Crippen molar-refractivity contribution in [3.05, 3.63) is 48.7 Å². The van der Waals surface area contributed by atoms with Crippen molar-refractivity contribution in [1.82, 2.24) is 0 Å². The van der Waals surface area contributed by atoms with Gasteiger partial charge in [0.15, 0.2) is 0 Å². The second-order valence-electron chi connectivity index (χ2n) is 5.28. The smallest absolute Gasteiger partial charge is 0.112 e. The minimum Gasteiger partial charge on any atom is -0.497 e. The molecule has 1 rings (SSSR count). The predicted molar refractivity (Wildman–Crippen MR) is 91.0 cm³/mol.